The Balaban J connectivity index is 1.61. The predicted octanol–water partition coefficient (Wildman–Crippen LogP) is 4.61. The summed E-state index contributed by atoms with van der Waals surface area (Å²) in [6.07, 6.45) is -1.48. The number of carbonyl (C=O) groups excluding carboxylic acids is 1. The quantitative estimate of drug-likeness (QED) is 0.651. The molecule has 0 saturated heterocycles. The standard InChI is InChI=1S/C20H16F3N3O3/c1-13-11-14(29-19-24-9-4-10-25-19)7-8-16(13)26-18(27)12-28-17-6-3-2-5-15(17)20(21,22)23/h2-11H,12H2,1H3,(H,26,27). The number of carbonyl (C=O) groups is 1. The van der Waals surface area contributed by atoms with Gasteiger partial charge in [-0.25, -0.2) is 9.97 Å². The third-order valence-electron chi connectivity index (χ3n) is 3.77. The van der Waals surface area contributed by atoms with Crippen LogP contribution in [0.5, 0.6) is 17.5 Å². The maximum Gasteiger partial charge on any atom is 0.419 e. The highest BCUT2D eigenvalue weighted by Gasteiger charge is 2.34. The highest BCUT2D eigenvalue weighted by Crippen LogP contribution is 2.35. The largest absolute Gasteiger partial charge is 0.483 e. The Morgan fingerprint density at radius 3 is 2.48 bits per heavy atom. The van der Waals surface area contributed by atoms with Gasteiger partial charge in [0, 0.05) is 18.1 Å². The van der Waals surface area contributed by atoms with E-state index in [1.807, 2.05) is 0 Å². The van der Waals surface area contributed by atoms with Gasteiger partial charge >= 0.3 is 12.2 Å². The maximum absolute atomic E-state index is 13.0. The molecule has 3 rings (SSSR count). The number of anilines is 1. The number of ether oxygens (including phenoxy) is 2. The molecule has 0 aliphatic carbocycles. The lowest BCUT2D eigenvalue weighted by Crippen LogP contribution is -2.21. The molecule has 6 nitrogen and oxygen atoms in total. The number of halogens is 3. The molecule has 0 bridgehead atoms. The summed E-state index contributed by atoms with van der Waals surface area (Å²) in [7, 11) is 0. The van der Waals surface area contributed by atoms with E-state index in [1.54, 1.807) is 43.6 Å². The van der Waals surface area contributed by atoms with Crippen LogP contribution < -0.4 is 14.8 Å². The van der Waals surface area contributed by atoms with Gasteiger partial charge in [-0.1, -0.05) is 12.1 Å². The van der Waals surface area contributed by atoms with Crippen LogP contribution in [0.15, 0.2) is 60.9 Å². The van der Waals surface area contributed by atoms with Gasteiger partial charge in [-0.15, -0.1) is 0 Å². The van der Waals surface area contributed by atoms with E-state index >= 15 is 0 Å². The van der Waals surface area contributed by atoms with Gasteiger partial charge < -0.3 is 14.8 Å². The Kier molecular flexibility index (Phi) is 5.96. The number of hydrogen-bond acceptors (Lipinski definition) is 5. The van der Waals surface area contributed by atoms with Gasteiger partial charge in [-0.3, -0.25) is 4.79 Å². The molecule has 0 aliphatic rings. The minimum atomic E-state index is -4.57. The van der Waals surface area contributed by atoms with Crippen molar-refractivity contribution in [3.05, 3.63) is 72.1 Å². The first-order valence-electron chi connectivity index (χ1n) is 8.47. The Morgan fingerprint density at radius 2 is 1.79 bits per heavy atom. The smallest absolute Gasteiger partial charge is 0.419 e. The summed E-state index contributed by atoms with van der Waals surface area (Å²) in [5, 5.41) is 2.60. The average molecular weight is 403 g/mol. The molecule has 0 aliphatic heterocycles. The van der Waals surface area contributed by atoms with Crippen LogP contribution in [0.2, 0.25) is 0 Å². The van der Waals surface area contributed by atoms with Gasteiger partial charge in [0.1, 0.15) is 11.5 Å². The summed E-state index contributed by atoms with van der Waals surface area (Å²) in [5.41, 5.74) is 0.222. The highest BCUT2D eigenvalue weighted by atomic mass is 19.4. The van der Waals surface area contributed by atoms with Crippen molar-refractivity contribution < 1.29 is 27.4 Å². The van der Waals surface area contributed by atoms with E-state index in [0.29, 0.717) is 17.0 Å². The average Bonchev–Trinajstić information content (AvgIpc) is 2.69. The third kappa shape index (κ3) is 5.44. The maximum atomic E-state index is 13.0. The van der Waals surface area contributed by atoms with Crippen molar-refractivity contribution in [3.8, 4) is 17.5 Å². The number of nitrogens with one attached hydrogen (secondary N) is 1. The van der Waals surface area contributed by atoms with Crippen LogP contribution in [0.3, 0.4) is 0 Å². The van der Waals surface area contributed by atoms with Crippen molar-refractivity contribution in [1.82, 2.24) is 9.97 Å². The van der Waals surface area contributed by atoms with Crippen LogP contribution in [-0.2, 0) is 11.0 Å². The first-order chi connectivity index (χ1) is 13.8. The number of hydrogen-bond donors (Lipinski definition) is 1. The molecule has 0 fully saturated rings. The fraction of sp³-hybridized carbons (Fsp3) is 0.150. The number of rotatable bonds is 6. The summed E-state index contributed by atoms with van der Waals surface area (Å²) in [4.78, 5) is 20.0. The number of aromatic nitrogens is 2. The summed E-state index contributed by atoms with van der Waals surface area (Å²) in [6.45, 7) is 1.18. The molecule has 0 atom stereocenters. The Hall–Kier alpha value is -3.62. The van der Waals surface area contributed by atoms with E-state index in [-0.39, 0.29) is 6.01 Å². The summed E-state index contributed by atoms with van der Waals surface area (Å²) < 4.78 is 49.5. The highest BCUT2D eigenvalue weighted by molar-refractivity contribution is 5.92. The lowest BCUT2D eigenvalue weighted by Gasteiger charge is -2.14. The first-order valence-corrected chi connectivity index (χ1v) is 8.47. The molecular formula is C20H16F3N3O3. The van der Waals surface area contributed by atoms with Gasteiger partial charge in [0.25, 0.3) is 5.91 Å². The zero-order valence-electron chi connectivity index (χ0n) is 15.2. The van der Waals surface area contributed by atoms with Crippen LogP contribution >= 0.6 is 0 Å². The molecule has 9 heteroatoms. The Bertz CT molecular complexity index is 995. The fourth-order valence-electron chi connectivity index (χ4n) is 2.44. The summed E-state index contributed by atoms with van der Waals surface area (Å²) >= 11 is 0. The molecule has 1 N–H and O–H groups in total. The van der Waals surface area contributed by atoms with Crippen molar-refractivity contribution in [3.63, 3.8) is 0 Å². The number of amides is 1. The molecule has 3 aromatic rings. The summed E-state index contributed by atoms with van der Waals surface area (Å²) in [6, 6.07) is 11.4. The SMILES string of the molecule is Cc1cc(Oc2ncccn2)ccc1NC(=O)COc1ccccc1C(F)(F)F. The topological polar surface area (TPSA) is 73.3 Å². The molecule has 0 unspecified atom stereocenters. The molecule has 150 valence electrons. The molecular weight excluding hydrogens is 387 g/mol. The number of benzene rings is 2. The molecule has 0 spiro atoms. The van der Waals surface area contributed by atoms with Crippen molar-refractivity contribution >= 4 is 11.6 Å². The predicted molar refractivity (Wildman–Crippen MR) is 98.9 cm³/mol. The van der Waals surface area contributed by atoms with Crippen molar-refractivity contribution in [2.24, 2.45) is 0 Å². The molecule has 2 aromatic carbocycles. The monoisotopic (exact) mass is 403 g/mol. The lowest BCUT2D eigenvalue weighted by atomic mass is 10.2. The zero-order chi connectivity index (χ0) is 20.9. The minimum Gasteiger partial charge on any atom is -0.483 e. The van der Waals surface area contributed by atoms with E-state index in [2.05, 4.69) is 15.3 Å². The number of alkyl halides is 3. The fourth-order valence-corrected chi connectivity index (χ4v) is 2.44. The van der Waals surface area contributed by atoms with E-state index in [1.165, 1.54) is 18.2 Å². The Morgan fingerprint density at radius 1 is 1.07 bits per heavy atom. The number of aryl methyl sites for hydroxylation is 1. The minimum absolute atomic E-state index is 0.181. The first kappa shape index (κ1) is 20.1. The van der Waals surface area contributed by atoms with Crippen molar-refractivity contribution in [1.29, 1.82) is 0 Å². The molecule has 1 amide bonds. The van der Waals surface area contributed by atoms with Crippen LogP contribution in [0.4, 0.5) is 18.9 Å². The number of nitrogens with zero attached hydrogens (tertiary/aromatic N) is 2. The van der Waals surface area contributed by atoms with Crippen LogP contribution in [-0.4, -0.2) is 22.5 Å². The van der Waals surface area contributed by atoms with E-state index in [9.17, 15) is 18.0 Å². The Labute approximate surface area is 164 Å². The van der Waals surface area contributed by atoms with Crippen molar-refractivity contribution in [2.75, 3.05) is 11.9 Å². The lowest BCUT2D eigenvalue weighted by molar-refractivity contribution is -0.139. The van der Waals surface area contributed by atoms with Gasteiger partial charge in [-0.2, -0.15) is 13.2 Å². The van der Waals surface area contributed by atoms with Gasteiger partial charge in [0.2, 0.25) is 0 Å². The molecule has 0 radical (unpaired) electrons. The van der Waals surface area contributed by atoms with Gasteiger partial charge in [0.15, 0.2) is 6.61 Å². The van der Waals surface area contributed by atoms with Crippen LogP contribution in [0.1, 0.15) is 11.1 Å². The zero-order valence-corrected chi connectivity index (χ0v) is 15.2. The van der Waals surface area contributed by atoms with Crippen LogP contribution in [0.25, 0.3) is 0 Å². The van der Waals surface area contributed by atoms with E-state index < -0.39 is 30.0 Å². The second-order valence-corrected chi connectivity index (χ2v) is 5.94. The number of para-hydroxylation sites is 1. The molecule has 0 saturated carbocycles. The second-order valence-electron chi connectivity index (χ2n) is 5.94. The second kappa shape index (κ2) is 8.59. The molecule has 29 heavy (non-hydrogen) atoms. The van der Waals surface area contributed by atoms with E-state index in [0.717, 1.165) is 6.07 Å². The van der Waals surface area contributed by atoms with Crippen molar-refractivity contribution in [2.45, 2.75) is 13.1 Å². The molecule has 1 aromatic heterocycles. The normalized spacial score (nSPS) is 11.0. The van der Waals surface area contributed by atoms with Gasteiger partial charge in [-0.05, 0) is 48.9 Å². The molecule has 1 heterocycles. The van der Waals surface area contributed by atoms with Crippen LogP contribution in [0, 0.1) is 6.92 Å². The van der Waals surface area contributed by atoms with Gasteiger partial charge in [0.05, 0.1) is 5.56 Å². The van der Waals surface area contributed by atoms with E-state index in [4.69, 9.17) is 9.47 Å². The third-order valence-corrected chi connectivity index (χ3v) is 3.77. The summed E-state index contributed by atoms with van der Waals surface area (Å²) in [5.74, 6) is -0.523.